The molecule has 4 nitrogen and oxygen atoms in total. The van der Waals surface area contributed by atoms with Gasteiger partial charge < -0.3 is 15.4 Å². The minimum atomic E-state index is -0.133. The van der Waals surface area contributed by atoms with Crippen molar-refractivity contribution in [3.8, 4) is 0 Å². The zero-order valence-electron chi connectivity index (χ0n) is 11.0. The normalized spacial score (nSPS) is 17.9. The van der Waals surface area contributed by atoms with Crippen LogP contribution in [-0.2, 0) is 9.53 Å². The molecule has 1 amide bonds. The lowest BCUT2D eigenvalue weighted by molar-refractivity contribution is -0.142. The average molecular weight is 248 g/mol. The molecule has 1 heterocycles. The van der Waals surface area contributed by atoms with Crippen molar-refractivity contribution < 1.29 is 9.53 Å². The Kier molecular flexibility index (Phi) is 3.99. The molecule has 1 aliphatic heterocycles. The van der Waals surface area contributed by atoms with Crippen LogP contribution in [0.15, 0.2) is 18.2 Å². The molecule has 18 heavy (non-hydrogen) atoms. The third kappa shape index (κ3) is 2.89. The minimum Gasteiger partial charge on any atom is -0.370 e. The van der Waals surface area contributed by atoms with Crippen LogP contribution in [-0.4, -0.2) is 37.1 Å². The number of carbonyl (C=O) groups is 1. The molecule has 0 spiro atoms. The molecule has 1 fully saturated rings. The number of ether oxygens (including phenoxy) is 1. The van der Waals surface area contributed by atoms with Crippen molar-refractivity contribution in [3.05, 3.63) is 34.9 Å². The summed E-state index contributed by atoms with van der Waals surface area (Å²) in [6.45, 7) is 6.13. The number of amides is 1. The summed E-state index contributed by atoms with van der Waals surface area (Å²) in [5, 5.41) is 0. The van der Waals surface area contributed by atoms with Crippen molar-refractivity contribution in [2.24, 2.45) is 5.73 Å². The van der Waals surface area contributed by atoms with Crippen LogP contribution < -0.4 is 5.73 Å². The third-order valence-corrected chi connectivity index (χ3v) is 3.46. The number of hydrogen-bond donors (Lipinski definition) is 1. The molecule has 1 aromatic rings. The molecule has 1 saturated heterocycles. The number of hydrogen-bond acceptors (Lipinski definition) is 3. The number of benzene rings is 1. The lowest BCUT2D eigenvalue weighted by Crippen LogP contribution is -2.44. The van der Waals surface area contributed by atoms with Crippen molar-refractivity contribution in [1.29, 1.82) is 0 Å². The quantitative estimate of drug-likeness (QED) is 0.873. The molecule has 1 aromatic carbocycles. The van der Waals surface area contributed by atoms with Gasteiger partial charge in [0.1, 0.15) is 6.61 Å². The van der Waals surface area contributed by atoms with Crippen molar-refractivity contribution in [2.45, 2.75) is 19.9 Å². The van der Waals surface area contributed by atoms with E-state index in [1.807, 2.05) is 6.07 Å². The molecule has 98 valence electrons. The maximum Gasteiger partial charge on any atom is 0.248 e. The van der Waals surface area contributed by atoms with E-state index in [0.29, 0.717) is 19.7 Å². The van der Waals surface area contributed by atoms with Crippen LogP contribution >= 0.6 is 0 Å². The lowest BCUT2D eigenvalue weighted by Gasteiger charge is -2.29. The van der Waals surface area contributed by atoms with Crippen molar-refractivity contribution in [3.63, 3.8) is 0 Å². The number of morpholine rings is 1. The summed E-state index contributed by atoms with van der Waals surface area (Å²) in [6.07, 6.45) is 0. The summed E-state index contributed by atoms with van der Waals surface area (Å²) in [5.74, 6) is 0.0283. The van der Waals surface area contributed by atoms with Crippen LogP contribution in [0.4, 0.5) is 0 Å². The van der Waals surface area contributed by atoms with Gasteiger partial charge in [0.25, 0.3) is 0 Å². The summed E-state index contributed by atoms with van der Waals surface area (Å²) in [5.41, 5.74) is 9.74. The van der Waals surface area contributed by atoms with Gasteiger partial charge in [-0.2, -0.15) is 0 Å². The molecule has 0 aromatic heterocycles. The van der Waals surface area contributed by atoms with Crippen LogP contribution in [0.5, 0.6) is 0 Å². The molecule has 1 aliphatic rings. The van der Waals surface area contributed by atoms with E-state index in [1.54, 1.807) is 4.90 Å². The molecular formula is C14H20N2O2. The van der Waals surface area contributed by atoms with E-state index in [2.05, 4.69) is 26.0 Å². The summed E-state index contributed by atoms with van der Waals surface area (Å²) in [7, 11) is 0. The molecule has 2 N–H and O–H groups in total. The Morgan fingerprint density at radius 3 is 2.83 bits per heavy atom. The van der Waals surface area contributed by atoms with E-state index < -0.39 is 0 Å². The number of nitrogens with zero attached hydrogens (tertiary/aromatic N) is 1. The third-order valence-electron chi connectivity index (χ3n) is 3.46. The second-order valence-corrected chi connectivity index (χ2v) is 4.84. The first-order chi connectivity index (χ1) is 8.58. The largest absolute Gasteiger partial charge is 0.370 e. The molecule has 1 unspecified atom stereocenters. The Morgan fingerprint density at radius 1 is 1.39 bits per heavy atom. The van der Waals surface area contributed by atoms with E-state index in [0.717, 1.165) is 5.56 Å². The van der Waals surface area contributed by atoms with Crippen LogP contribution in [0.1, 0.15) is 22.7 Å². The van der Waals surface area contributed by atoms with Gasteiger partial charge in [0, 0.05) is 19.1 Å². The number of aryl methyl sites for hydroxylation is 2. The topological polar surface area (TPSA) is 55.6 Å². The second kappa shape index (κ2) is 5.50. The highest BCUT2D eigenvalue weighted by atomic mass is 16.5. The Labute approximate surface area is 108 Å². The predicted octanol–water partition coefficient (Wildman–Crippen LogP) is 1.16. The Bertz CT molecular complexity index is 445. The highest BCUT2D eigenvalue weighted by Gasteiger charge is 2.21. The fourth-order valence-corrected chi connectivity index (χ4v) is 2.08. The Balaban J connectivity index is 2.04. The fourth-order valence-electron chi connectivity index (χ4n) is 2.08. The molecule has 2 rings (SSSR count). The molecule has 0 radical (unpaired) electrons. The molecule has 4 heteroatoms. The maximum absolute atomic E-state index is 11.6. The number of rotatable bonds is 3. The molecule has 0 aliphatic carbocycles. The monoisotopic (exact) mass is 248 g/mol. The van der Waals surface area contributed by atoms with Crippen molar-refractivity contribution in [2.75, 3.05) is 26.3 Å². The number of carbonyl (C=O) groups excluding carboxylic acids is 1. The summed E-state index contributed by atoms with van der Waals surface area (Å²) in [6, 6.07) is 6.08. The Hall–Kier alpha value is -1.39. The molecule has 0 saturated carbocycles. The van der Waals surface area contributed by atoms with Gasteiger partial charge in [-0.3, -0.25) is 4.79 Å². The van der Waals surface area contributed by atoms with Crippen molar-refractivity contribution >= 4 is 5.91 Å². The Morgan fingerprint density at radius 2 is 2.17 bits per heavy atom. The van der Waals surface area contributed by atoms with Gasteiger partial charge in [0.2, 0.25) is 5.91 Å². The first-order valence-corrected chi connectivity index (χ1v) is 6.26. The van der Waals surface area contributed by atoms with E-state index in [9.17, 15) is 4.79 Å². The SMILES string of the molecule is Cc1ccc(C(N)CN2CCOCC2=O)cc1C. The van der Waals surface area contributed by atoms with Crippen molar-refractivity contribution in [1.82, 2.24) is 4.90 Å². The van der Waals surface area contributed by atoms with Gasteiger partial charge in [-0.15, -0.1) is 0 Å². The highest BCUT2D eigenvalue weighted by Crippen LogP contribution is 2.17. The van der Waals surface area contributed by atoms with Crippen LogP contribution in [0, 0.1) is 13.8 Å². The van der Waals surface area contributed by atoms with Crippen LogP contribution in [0.3, 0.4) is 0 Å². The maximum atomic E-state index is 11.6. The highest BCUT2D eigenvalue weighted by molar-refractivity contribution is 5.78. The molecule has 1 atom stereocenters. The van der Waals surface area contributed by atoms with E-state index in [-0.39, 0.29) is 18.6 Å². The van der Waals surface area contributed by atoms with Gasteiger partial charge >= 0.3 is 0 Å². The van der Waals surface area contributed by atoms with E-state index in [4.69, 9.17) is 10.5 Å². The van der Waals surface area contributed by atoms with E-state index in [1.165, 1.54) is 11.1 Å². The smallest absolute Gasteiger partial charge is 0.248 e. The van der Waals surface area contributed by atoms with Gasteiger partial charge in [-0.25, -0.2) is 0 Å². The van der Waals surface area contributed by atoms with Gasteiger partial charge in [-0.1, -0.05) is 18.2 Å². The molecule has 0 bridgehead atoms. The van der Waals surface area contributed by atoms with Crippen LogP contribution in [0.2, 0.25) is 0 Å². The zero-order valence-corrected chi connectivity index (χ0v) is 11.0. The summed E-state index contributed by atoms with van der Waals surface area (Å²) in [4.78, 5) is 13.4. The molecular weight excluding hydrogens is 228 g/mol. The first kappa shape index (κ1) is 13.1. The fraction of sp³-hybridized carbons (Fsp3) is 0.500. The van der Waals surface area contributed by atoms with Gasteiger partial charge in [0.15, 0.2) is 0 Å². The predicted molar refractivity (Wildman–Crippen MR) is 70.2 cm³/mol. The average Bonchev–Trinajstić information content (AvgIpc) is 2.35. The summed E-state index contributed by atoms with van der Waals surface area (Å²) >= 11 is 0. The minimum absolute atomic E-state index is 0.0283. The van der Waals surface area contributed by atoms with Gasteiger partial charge in [-0.05, 0) is 30.5 Å². The van der Waals surface area contributed by atoms with Gasteiger partial charge in [0.05, 0.1) is 6.61 Å². The summed E-state index contributed by atoms with van der Waals surface area (Å²) < 4.78 is 5.10. The number of nitrogens with two attached hydrogens (primary N) is 1. The van der Waals surface area contributed by atoms with E-state index >= 15 is 0 Å². The second-order valence-electron chi connectivity index (χ2n) is 4.84. The first-order valence-electron chi connectivity index (χ1n) is 6.26. The standard InChI is InChI=1S/C14H20N2O2/c1-10-3-4-12(7-11(10)2)13(15)8-16-5-6-18-9-14(16)17/h3-4,7,13H,5-6,8-9,15H2,1-2H3. The van der Waals surface area contributed by atoms with Crippen LogP contribution in [0.25, 0.3) is 0 Å². The lowest BCUT2D eigenvalue weighted by atomic mass is 10.0. The zero-order chi connectivity index (χ0) is 13.1.